The van der Waals surface area contributed by atoms with Gasteiger partial charge in [0.25, 0.3) is 5.56 Å². The Balaban J connectivity index is 1.83. The van der Waals surface area contributed by atoms with Crippen LogP contribution in [0.4, 0.5) is 0 Å². The van der Waals surface area contributed by atoms with Crippen LogP contribution >= 0.6 is 11.6 Å². The summed E-state index contributed by atoms with van der Waals surface area (Å²) < 4.78 is 1.96. The van der Waals surface area contributed by atoms with E-state index in [0.29, 0.717) is 23.6 Å². The SMILES string of the molecule is Cn1c(O)c(C(=NCCc2c[nH]c3ccccc23)c2ccccc2Cl)c(=O)n(C)c1=O. The number of aromatic nitrogens is 3. The summed E-state index contributed by atoms with van der Waals surface area (Å²) in [5, 5.41) is 12.2. The molecule has 4 rings (SSSR count). The number of nitrogens with one attached hydrogen (secondary N) is 1. The van der Waals surface area contributed by atoms with E-state index in [9.17, 15) is 14.7 Å². The number of hydrogen-bond acceptors (Lipinski definition) is 4. The van der Waals surface area contributed by atoms with E-state index >= 15 is 0 Å². The van der Waals surface area contributed by atoms with Crippen molar-refractivity contribution >= 4 is 28.2 Å². The van der Waals surface area contributed by atoms with Crippen LogP contribution in [0.5, 0.6) is 5.88 Å². The van der Waals surface area contributed by atoms with Crippen molar-refractivity contribution in [3.8, 4) is 5.88 Å². The van der Waals surface area contributed by atoms with Gasteiger partial charge in [-0.05, 0) is 24.1 Å². The van der Waals surface area contributed by atoms with Gasteiger partial charge in [-0.15, -0.1) is 0 Å². The number of aliphatic imine (C=N–C) groups is 1. The molecule has 158 valence electrons. The van der Waals surface area contributed by atoms with Crippen molar-refractivity contribution in [2.45, 2.75) is 6.42 Å². The highest BCUT2D eigenvalue weighted by molar-refractivity contribution is 6.35. The average Bonchev–Trinajstić information content (AvgIpc) is 3.19. The first-order valence-corrected chi connectivity index (χ1v) is 10.1. The maximum atomic E-state index is 12.9. The molecular weight excluding hydrogens is 416 g/mol. The number of halogens is 1. The number of fused-ring (bicyclic) bond motifs is 1. The highest BCUT2D eigenvalue weighted by Gasteiger charge is 2.22. The van der Waals surface area contributed by atoms with Gasteiger partial charge in [0.2, 0.25) is 5.88 Å². The van der Waals surface area contributed by atoms with Crippen molar-refractivity contribution in [3.05, 3.63) is 97.3 Å². The summed E-state index contributed by atoms with van der Waals surface area (Å²) in [7, 11) is 2.76. The number of nitrogens with zero attached hydrogens (tertiary/aromatic N) is 3. The van der Waals surface area contributed by atoms with E-state index in [-0.39, 0.29) is 11.3 Å². The largest absolute Gasteiger partial charge is 0.494 e. The molecule has 7 nitrogen and oxygen atoms in total. The van der Waals surface area contributed by atoms with Crippen LogP contribution in [-0.2, 0) is 20.5 Å². The Bertz CT molecular complexity index is 1430. The predicted molar refractivity (Wildman–Crippen MR) is 123 cm³/mol. The monoisotopic (exact) mass is 436 g/mol. The number of benzene rings is 2. The molecule has 0 aliphatic carbocycles. The van der Waals surface area contributed by atoms with Crippen molar-refractivity contribution in [2.75, 3.05) is 6.54 Å². The molecule has 0 spiro atoms. The number of aromatic hydroxyl groups is 1. The third kappa shape index (κ3) is 3.68. The van der Waals surface area contributed by atoms with Crippen LogP contribution in [0.3, 0.4) is 0 Å². The van der Waals surface area contributed by atoms with E-state index in [1.54, 1.807) is 24.3 Å². The maximum Gasteiger partial charge on any atom is 0.333 e. The molecule has 2 aromatic carbocycles. The summed E-state index contributed by atoms with van der Waals surface area (Å²) in [4.78, 5) is 33.0. The lowest BCUT2D eigenvalue weighted by Gasteiger charge is -2.14. The Kier molecular flexibility index (Phi) is 5.52. The first-order valence-electron chi connectivity index (χ1n) is 9.74. The maximum absolute atomic E-state index is 12.9. The summed E-state index contributed by atoms with van der Waals surface area (Å²) in [5.41, 5.74) is 1.58. The van der Waals surface area contributed by atoms with Gasteiger partial charge in [0, 0.05) is 48.3 Å². The van der Waals surface area contributed by atoms with E-state index in [4.69, 9.17) is 11.6 Å². The van der Waals surface area contributed by atoms with Crippen molar-refractivity contribution in [1.82, 2.24) is 14.1 Å². The van der Waals surface area contributed by atoms with Crippen molar-refractivity contribution in [3.63, 3.8) is 0 Å². The molecule has 0 aliphatic rings. The Morgan fingerprint density at radius 1 is 1.06 bits per heavy atom. The minimum atomic E-state index is -0.633. The molecule has 2 heterocycles. The summed E-state index contributed by atoms with van der Waals surface area (Å²) in [6, 6.07) is 15.0. The lowest BCUT2D eigenvalue weighted by Crippen LogP contribution is -2.40. The number of aromatic amines is 1. The third-order valence-electron chi connectivity index (χ3n) is 5.33. The summed E-state index contributed by atoms with van der Waals surface area (Å²) in [6.45, 7) is 0.355. The van der Waals surface area contributed by atoms with E-state index in [2.05, 4.69) is 9.98 Å². The van der Waals surface area contributed by atoms with E-state index < -0.39 is 17.1 Å². The molecule has 31 heavy (non-hydrogen) atoms. The Labute approximate surface area is 182 Å². The van der Waals surface area contributed by atoms with Crippen LogP contribution in [0.15, 0.2) is 69.3 Å². The van der Waals surface area contributed by atoms with E-state index in [0.717, 1.165) is 25.6 Å². The molecule has 0 atom stereocenters. The van der Waals surface area contributed by atoms with Crippen molar-refractivity contribution in [2.24, 2.45) is 19.1 Å². The molecule has 0 bridgehead atoms. The smallest absolute Gasteiger partial charge is 0.333 e. The minimum Gasteiger partial charge on any atom is -0.494 e. The fraction of sp³-hybridized carbons (Fsp3) is 0.174. The number of rotatable bonds is 5. The predicted octanol–water partition coefficient (Wildman–Crippen LogP) is 3.00. The molecular formula is C23H21ClN4O3. The molecule has 0 unspecified atom stereocenters. The van der Waals surface area contributed by atoms with Crippen LogP contribution in [0.2, 0.25) is 5.02 Å². The van der Waals surface area contributed by atoms with Gasteiger partial charge >= 0.3 is 5.69 Å². The van der Waals surface area contributed by atoms with Crippen LogP contribution < -0.4 is 11.2 Å². The fourth-order valence-corrected chi connectivity index (χ4v) is 3.84. The Morgan fingerprint density at radius 3 is 2.55 bits per heavy atom. The molecule has 0 saturated carbocycles. The van der Waals surface area contributed by atoms with Crippen LogP contribution in [0.1, 0.15) is 16.7 Å². The van der Waals surface area contributed by atoms with Gasteiger partial charge < -0.3 is 10.1 Å². The van der Waals surface area contributed by atoms with Crippen LogP contribution in [0.25, 0.3) is 10.9 Å². The second kappa shape index (κ2) is 8.28. The molecule has 0 fully saturated rings. The van der Waals surface area contributed by atoms with E-state index in [1.807, 2.05) is 30.5 Å². The topological polar surface area (TPSA) is 92.4 Å². The molecule has 0 radical (unpaired) electrons. The zero-order valence-electron chi connectivity index (χ0n) is 17.1. The molecule has 0 aliphatic heterocycles. The number of hydrogen-bond donors (Lipinski definition) is 2. The van der Waals surface area contributed by atoms with Crippen molar-refractivity contribution in [1.29, 1.82) is 0 Å². The molecule has 2 aromatic heterocycles. The molecule has 2 N–H and O–H groups in total. The second-order valence-electron chi connectivity index (χ2n) is 7.22. The van der Waals surface area contributed by atoms with Gasteiger partial charge in [-0.3, -0.25) is 18.9 Å². The zero-order valence-corrected chi connectivity index (χ0v) is 17.8. The minimum absolute atomic E-state index is 0.0587. The molecule has 8 heteroatoms. The zero-order chi connectivity index (χ0) is 22.1. The van der Waals surface area contributed by atoms with E-state index in [1.165, 1.54) is 14.1 Å². The summed E-state index contributed by atoms with van der Waals surface area (Å²) in [6.07, 6.45) is 2.56. The van der Waals surface area contributed by atoms with Crippen LogP contribution in [0, 0.1) is 0 Å². The first kappa shape index (κ1) is 20.7. The summed E-state index contributed by atoms with van der Waals surface area (Å²) >= 11 is 6.40. The third-order valence-corrected chi connectivity index (χ3v) is 5.66. The highest BCUT2D eigenvalue weighted by atomic mass is 35.5. The quantitative estimate of drug-likeness (QED) is 0.471. The molecule has 0 saturated heterocycles. The lowest BCUT2D eigenvalue weighted by molar-refractivity contribution is 0.410. The molecule has 0 amide bonds. The highest BCUT2D eigenvalue weighted by Crippen LogP contribution is 2.23. The summed E-state index contributed by atoms with van der Waals surface area (Å²) in [5.74, 6) is -0.445. The fourth-order valence-electron chi connectivity index (χ4n) is 3.62. The van der Waals surface area contributed by atoms with Crippen LogP contribution in [-0.4, -0.2) is 31.5 Å². The van der Waals surface area contributed by atoms with Gasteiger partial charge in [0.15, 0.2) is 0 Å². The standard InChI is InChI=1S/C23H21ClN4O3/c1-27-21(29)19(22(30)28(2)23(27)31)20(16-8-3-5-9-17(16)24)25-12-11-14-13-26-18-10-6-4-7-15(14)18/h3-10,13,26,29H,11-12H2,1-2H3. The van der Waals surface area contributed by atoms with Gasteiger partial charge in [0.05, 0.1) is 5.71 Å². The van der Waals surface area contributed by atoms with Gasteiger partial charge in [0.1, 0.15) is 5.56 Å². The van der Waals surface area contributed by atoms with Gasteiger partial charge in [-0.2, -0.15) is 0 Å². The lowest BCUT2D eigenvalue weighted by atomic mass is 10.0. The van der Waals surface area contributed by atoms with Crippen molar-refractivity contribution < 1.29 is 5.11 Å². The second-order valence-corrected chi connectivity index (χ2v) is 7.63. The van der Waals surface area contributed by atoms with Gasteiger partial charge in [-0.1, -0.05) is 48.0 Å². The number of H-pyrrole nitrogens is 1. The number of para-hydroxylation sites is 1. The Morgan fingerprint density at radius 2 is 1.77 bits per heavy atom. The molecule has 4 aromatic rings. The average molecular weight is 437 g/mol. The normalized spacial score (nSPS) is 11.9. The van der Waals surface area contributed by atoms with Gasteiger partial charge in [-0.25, -0.2) is 4.79 Å². The first-order chi connectivity index (χ1) is 14.9. The Hall–Kier alpha value is -3.58.